The molecule has 0 aliphatic heterocycles. The van der Waals surface area contributed by atoms with Gasteiger partial charge in [0.2, 0.25) is 0 Å². The second-order valence-corrected chi connectivity index (χ2v) is 2.89. The van der Waals surface area contributed by atoms with Crippen LogP contribution >= 0.6 is 0 Å². The summed E-state index contributed by atoms with van der Waals surface area (Å²) in [5.41, 5.74) is 3.94. The molecule has 1 nitrogen and oxygen atoms in total. The first-order chi connectivity index (χ1) is 5.15. The first-order valence-corrected chi connectivity index (χ1v) is 3.77. The van der Waals surface area contributed by atoms with Crippen LogP contribution in [0.15, 0.2) is 12.1 Å². The van der Waals surface area contributed by atoms with Crippen LogP contribution < -0.4 is 4.74 Å². The summed E-state index contributed by atoms with van der Waals surface area (Å²) in [6.07, 6.45) is 0. The molecule has 0 atom stereocenters. The first-order valence-electron chi connectivity index (χ1n) is 3.77. The molecule has 0 saturated carbocycles. The molecule has 1 aromatic carbocycles. The standard InChI is InChI=1S/C10H14O/c1-7-5-10(11-4)6-8(2)9(7)3/h5-6H,1-4H3. The zero-order valence-corrected chi connectivity index (χ0v) is 7.56. The number of rotatable bonds is 1. The van der Waals surface area contributed by atoms with E-state index in [2.05, 4.69) is 32.9 Å². The summed E-state index contributed by atoms with van der Waals surface area (Å²) in [5.74, 6) is 0.950. The molecule has 0 saturated heterocycles. The van der Waals surface area contributed by atoms with Crippen molar-refractivity contribution >= 4 is 0 Å². The fraction of sp³-hybridized carbons (Fsp3) is 0.400. The molecule has 0 aromatic heterocycles. The van der Waals surface area contributed by atoms with Gasteiger partial charge in [-0.2, -0.15) is 0 Å². The summed E-state index contributed by atoms with van der Waals surface area (Å²) >= 11 is 0. The SMILES string of the molecule is COc1cc(C)c(C)c(C)c1. The van der Waals surface area contributed by atoms with Crippen LogP contribution in [0.2, 0.25) is 0 Å². The van der Waals surface area contributed by atoms with E-state index >= 15 is 0 Å². The smallest absolute Gasteiger partial charge is 0.119 e. The number of ether oxygens (including phenoxy) is 1. The molecule has 0 bridgehead atoms. The molecule has 0 radical (unpaired) electrons. The Hall–Kier alpha value is -0.980. The van der Waals surface area contributed by atoms with Crippen LogP contribution in [0, 0.1) is 20.8 Å². The van der Waals surface area contributed by atoms with Gasteiger partial charge in [-0.25, -0.2) is 0 Å². The van der Waals surface area contributed by atoms with Gasteiger partial charge in [0.1, 0.15) is 5.75 Å². The van der Waals surface area contributed by atoms with Crippen LogP contribution in [0.25, 0.3) is 0 Å². The van der Waals surface area contributed by atoms with Gasteiger partial charge in [0.15, 0.2) is 0 Å². The van der Waals surface area contributed by atoms with Crippen molar-refractivity contribution in [2.24, 2.45) is 0 Å². The van der Waals surface area contributed by atoms with Gasteiger partial charge in [-0.1, -0.05) is 0 Å². The van der Waals surface area contributed by atoms with Crippen molar-refractivity contribution in [1.82, 2.24) is 0 Å². The van der Waals surface area contributed by atoms with Gasteiger partial charge >= 0.3 is 0 Å². The van der Waals surface area contributed by atoms with Crippen molar-refractivity contribution in [2.45, 2.75) is 20.8 Å². The lowest BCUT2D eigenvalue weighted by Gasteiger charge is -2.07. The van der Waals surface area contributed by atoms with Gasteiger partial charge in [0, 0.05) is 0 Å². The van der Waals surface area contributed by atoms with Crippen molar-refractivity contribution in [3.8, 4) is 5.75 Å². The predicted molar refractivity (Wildman–Crippen MR) is 47.2 cm³/mol. The van der Waals surface area contributed by atoms with Crippen LogP contribution in [0.4, 0.5) is 0 Å². The van der Waals surface area contributed by atoms with Crippen molar-refractivity contribution in [1.29, 1.82) is 0 Å². The largest absolute Gasteiger partial charge is 0.497 e. The Kier molecular flexibility index (Phi) is 2.18. The number of hydrogen-bond donors (Lipinski definition) is 0. The zero-order valence-electron chi connectivity index (χ0n) is 7.56. The molecule has 0 heterocycles. The molecular weight excluding hydrogens is 136 g/mol. The third-order valence-electron chi connectivity index (χ3n) is 2.14. The van der Waals surface area contributed by atoms with E-state index in [-0.39, 0.29) is 0 Å². The Bertz CT molecular complexity index is 241. The molecule has 1 rings (SSSR count). The van der Waals surface area contributed by atoms with Crippen molar-refractivity contribution in [3.63, 3.8) is 0 Å². The Balaban J connectivity index is 3.21. The van der Waals surface area contributed by atoms with E-state index in [1.807, 2.05) is 0 Å². The summed E-state index contributed by atoms with van der Waals surface area (Å²) < 4.78 is 5.13. The van der Waals surface area contributed by atoms with Crippen LogP contribution in [-0.2, 0) is 0 Å². The highest BCUT2D eigenvalue weighted by molar-refractivity contribution is 5.39. The van der Waals surface area contributed by atoms with Gasteiger partial charge in [-0.3, -0.25) is 0 Å². The zero-order chi connectivity index (χ0) is 8.43. The molecule has 11 heavy (non-hydrogen) atoms. The third-order valence-corrected chi connectivity index (χ3v) is 2.14. The molecule has 0 spiro atoms. The van der Waals surface area contributed by atoms with E-state index in [0.717, 1.165) is 5.75 Å². The van der Waals surface area contributed by atoms with Crippen LogP contribution in [0.1, 0.15) is 16.7 Å². The summed E-state index contributed by atoms with van der Waals surface area (Å²) in [5, 5.41) is 0. The number of methoxy groups -OCH3 is 1. The van der Waals surface area contributed by atoms with Crippen molar-refractivity contribution in [2.75, 3.05) is 7.11 Å². The normalized spacial score (nSPS) is 9.82. The number of hydrogen-bond acceptors (Lipinski definition) is 1. The average molecular weight is 150 g/mol. The fourth-order valence-electron chi connectivity index (χ4n) is 1.11. The molecule has 0 amide bonds. The predicted octanol–water partition coefficient (Wildman–Crippen LogP) is 2.62. The second-order valence-electron chi connectivity index (χ2n) is 2.89. The molecule has 0 N–H and O–H groups in total. The number of aryl methyl sites for hydroxylation is 2. The highest BCUT2D eigenvalue weighted by Gasteiger charge is 1.99. The first kappa shape index (κ1) is 8.12. The second kappa shape index (κ2) is 2.95. The maximum absolute atomic E-state index is 5.13. The molecule has 0 aliphatic carbocycles. The summed E-state index contributed by atoms with van der Waals surface area (Å²) in [4.78, 5) is 0. The van der Waals surface area contributed by atoms with Crippen molar-refractivity contribution < 1.29 is 4.74 Å². The van der Waals surface area contributed by atoms with E-state index in [0.29, 0.717) is 0 Å². The van der Waals surface area contributed by atoms with Crippen LogP contribution in [0.3, 0.4) is 0 Å². The van der Waals surface area contributed by atoms with Crippen LogP contribution in [0.5, 0.6) is 5.75 Å². The molecule has 60 valence electrons. The molecule has 0 unspecified atom stereocenters. The summed E-state index contributed by atoms with van der Waals surface area (Å²) in [6, 6.07) is 4.12. The highest BCUT2D eigenvalue weighted by Crippen LogP contribution is 2.20. The maximum Gasteiger partial charge on any atom is 0.119 e. The van der Waals surface area contributed by atoms with Gasteiger partial charge in [0.25, 0.3) is 0 Å². The lowest BCUT2D eigenvalue weighted by Crippen LogP contribution is -1.89. The minimum Gasteiger partial charge on any atom is -0.497 e. The molecular formula is C10H14O. The fourth-order valence-corrected chi connectivity index (χ4v) is 1.11. The van der Waals surface area contributed by atoms with Gasteiger partial charge in [-0.15, -0.1) is 0 Å². The molecule has 1 aromatic rings. The Morgan fingerprint density at radius 1 is 1.00 bits per heavy atom. The quantitative estimate of drug-likeness (QED) is 0.598. The lowest BCUT2D eigenvalue weighted by molar-refractivity contribution is 0.414. The topological polar surface area (TPSA) is 9.23 Å². The Labute approximate surface area is 68.0 Å². The van der Waals surface area contributed by atoms with Gasteiger partial charge < -0.3 is 4.74 Å². The Morgan fingerprint density at radius 2 is 1.45 bits per heavy atom. The maximum atomic E-state index is 5.13. The van der Waals surface area contributed by atoms with Crippen molar-refractivity contribution in [3.05, 3.63) is 28.8 Å². The Morgan fingerprint density at radius 3 is 1.82 bits per heavy atom. The lowest BCUT2D eigenvalue weighted by atomic mass is 10.0. The minimum atomic E-state index is 0.950. The van der Waals surface area contributed by atoms with E-state index in [1.165, 1.54) is 16.7 Å². The molecule has 0 fully saturated rings. The molecule has 1 heteroatoms. The third kappa shape index (κ3) is 1.53. The monoisotopic (exact) mass is 150 g/mol. The minimum absolute atomic E-state index is 0.950. The number of benzene rings is 1. The summed E-state index contributed by atoms with van der Waals surface area (Å²) in [6.45, 7) is 6.33. The van der Waals surface area contributed by atoms with E-state index in [9.17, 15) is 0 Å². The summed E-state index contributed by atoms with van der Waals surface area (Å²) in [7, 11) is 1.70. The van der Waals surface area contributed by atoms with E-state index in [1.54, 1.807) is 7.11 Å². The highest BCUT2D eigenvalue weighted by atomic mass is 16.5. The van der Waals surface area contributed by atoms with Crippen LogP contribution in [-0.4, -0.2) is 7.11 Å². The van der Waals surface area contributed by atoms with E-state index < -0.39 is 0 Å². The molecule has 0 aliphatic rings. The van der Waals surface area contributed by atoms with E-state index in [4.69, 9.17) is 4.74 Å². The van der Waals surface area contributed by atoms with Gasteiger partial charge in [0.05, 0.1) is 7.11 Å². The van der Waals surface area contributed by atoms with Gasteiger partial charge in [-0.05, 0) is 49.6 Å². The average Bonchev–Trinajstić information content (AvgIpc) is 1.99.